The molecule has 0 radical (unpaired) electrons. The highest BCUT2D eigenvalue weighted by molar-refractivity contribution is 4.83. The zero-order chi connectivity index (χ0) is 9.56. The predicted octanol–water partition coefficient (Wildman–Crippen LogP) is 0.988. The minimum Gasteiger partial charge on any atom is -0.377 e. The normalized spacial score (nSPS) is 29.8. The highest BCUT2D eigenvalue weighted by atomic mass is 16.5. The monoisotopic (exact) mass is 175 g/mol. The summed E-state index contributed by atoms with van der Waals surface area (Å²) in [5.74, 6) is 0. The molecule has 0 aromatic heterocycles. The molecule has 2 atom stereocenters. The average molecular weight is 175 g/mol. The van der Waals surface area contributed by atoms with Crippen molar-refractivity contribution in [2.24, 2.45) is 0 Å². The lowest BCUT2D eigenvalue weighted by molar-refractivity contribution is -0.00461. The first-order valence-corrected chi connectivity index (χ1v) is 4.52. The number of likely N-dealkylation sites (N-methyl/N-ethyl adjacent to an activating group) is 1. The second-order valence-corrected chi connectivity index (χ2v) is 2.77. The molecule has 0 spiro atoms. The van der Waals surface area contributed by atoms with Crippen molar-refractivity contribution in [2.75, 3.05) is 34.4 Å². The first-order valence-electron chi connectivity index (χ1n) is 4.52. The van der Waals surface area contributed by atoms with E-state index in [9.17, 15) is 0 Å². The van der Waals surface area contributed by atoms with E-state index in [4.69, 9.17) is 9.47 Å². The molecule has 3 heteroatoms. The van der Waals surface area contributed by atoms with Crippen LogP contribution in [0.1, 0.15) is 13.8 Å². The molecule has 0 aromatic carbocycles. The molecule has 1 heterocycles. The molecule has 3 nitrogen and oxygen atoms in total. The predicted molar refractivity (Wildman–Crippen MR) is 50.4 cm³/mol. The van der Waals surface area contributed by atoms with Crippen LogP contribution in [0.3, 0.4) is 0 Å². The van der Waals surface area contributed by atoms with Crippen LogP contribution in [0.5, 0.6) is 0 Å². The van der Waals surface area contributed by atoms with Crippen molar-refractivity contribution >= 4 is 0 Å². The van der Waals surface area contributed by atoms with E-state index in [0.29, 0.717) is 0 Å². The highest BCUT2D eigenvalue weighted by Crippen LogP contribution is 2.12. The molecule has 1 fully saturated rings. The van der Waals surface area contributed by atoms with Crippen LogP contribution < -0.4 is 0 Å². The topological polar surface area (TPSA) is 21.7 Å². The van der Waals surface area contributed by atoms with Crippen LogP contribution in [0.2, 0.25) is 0 Å². The average Bonchev–Trinajstić information content (AvgIpc) is 2.49. The molecule has 1 aliphatic rings. The second kappa shape index (κ2) is 6.40. The largest absolute Gasteiger partial charge is 0.377 e. The Bertz CT molecular complexity index is 96.7. The van der Waals surface area contributed by atoms with Crippen molar-refractivity contribution in [2.45, 2.75) is 26.1 Å². The Morgan fingerprint density at radius 1 is 1.00 bits per heavy atom. The van der Waals surface area contributed by atoms with Gasteiger partial charge in [-0.1, -0.05) is 13.8 Å². The van der Waals surface area contributed by atoms with Gasteiger partial charge in [-0.25, -0.2) is 0 Å². The maximum atomic E-state index is 5.22. The second-order valence-electron chi connectivity index (χ2n) is 2.77. The van der Waals surface area contributed by atoms with E-state index >= 15 is 0 Å². The van der Waals surface area contributed by atoms with Gasteiger partial charge in [0, 0.05) is 27.3 Å². The Balaban J connectivity index is 0.000000561. The Morgan fingerprint density at radius 3 is 1.58 bits per heavy atom. The fraction of sp³-hybridized carbons (Fsp3) is 1.00. The summed E-state index contributed by atoms with van der Waals surface area (Å²) in [6, 6.07) is 0. The lowest BCUT2D eigenvalue weighted by Gasteiger charge is -2.13. The summed E-state index contributed by atoms with van der Waals surface area (Å²) in [6.45, 7) is 5.96. The lowest BCUT2D eigenvalue weighted by Crippen LogP contribution is -2.27. The molecule has 74 valence electrons. The van der Waals surface area contributed by atoms with Crippen molar-refractivity contribution in [3.8, 4) is 0 Å². The molecular weight excluding hydrogens is 154 g/mol. The van der Waals surface area contributed by atoms with Gasteiger partial charge < -0.3 is 14.4 Å². The Morgan fingerprint density at radius 2 is 1.33 bits per heavy atom. The zero-order valence-electron chi connectivity index (χ0n) is 8.83. The van der Waals surface area contributed by atoms with Gasteiger partial charge in [-0.3, -0.25) is 0 Å². The fourth-order valence-electron chi connectivity index (χ4n) is 1.38. The van der Waals surface area contributed by atoms with E-state index in [2.05, 4.69) is 11.9 Å². The summed E-state index contributed by atoms with van der Waals surface area (Å²) in [4.78, 5) is 2.21. The molecule has 1 aliphatic heterocycles. The summed E-state index contributed by atoms with van der Waals surface area (Å²) in [5.41, 5.74) is 0. The minimum absolute atomic E-state index is 0.259. The SMILES string of the molecule is CC.COC1CN(C)CC1OC. The van der Waals surface area contributed by atoms with Crippen molar-refractivity contribution in [3.05, 3.63) is 0 Å². The third-order valence-electron chi connectivity index (χ3n) is 2.00. The Hall–Kier alpha value is -0.120. The summed E-state index contributed by atoms with van der Waals surface area (Å²) in [6.07, 6.45) is 0.519. The smallest absolute Gasteiger partial charge is 0.0971 e. The van der Waals surface area contributed by atoms with Crippen LogP contribution in [0.4, 0.5) is 0 Å². The summed E-state index contributed by atoms with van der Waals surface area (Å²) in [7, 11) is 5.54. The van der Waals surface area contributed by atoms with Gasteiger partial charge in [-0.2, -0.15) is 0 Å². The number of rotatable bonds is 2. The third-order valence-corrected chi connectivity index (χ3v) is 2.00. The van der Waals surface area contributed by atoms with Crippen LogP contribution in [0.15, 0.2) is 0 Å². The van der Waals surface area contributed by atoms with Gasteiger partial charge >= 0.3 is 0 Å². The summed E-state index contributed by atoms with van der Waals surface area (Å²) < 4.78 is 10.4. The van der Waals surface area contributed by atoms with E-state index < -0.39 is 0 Å². The van der Waals surface area contributed by atoms with Gasteiger partial charge in [0.15, 0.2) is 0 Å². The van der Waals surface area contributed by atoms with Crippen LogP contribution in [0.25, 0.3) is 0 Å². The Labute approximate surface area is 75.6 Å². The third kappa shape index (κ3) is 3.09. The molecule has 0 saturated carbocycles. The Kier molecular flexibility index (Phi) is 6.34. The fourth-order valence-corrected chi connectivity index (χ4v) is 1.38. The zero-order valence-corrected chi connectivity index (χ0v) is 8.83. The number of likely N-dealkylation sites (tertiary alicyclic amines) is 1. The number of ether oxygens (including phenoxy) is 2. The maximum Gasteiger partial charge on any atom is 0.0971 e. The van der Waals surface area contributed by atoms with E-state index in [-0.39, 0.29) is 12.2 Å². The van der Waals surface area contributed by atoms with Crippen molar-refractivity contribution in [1.29, 1.82) is 0 Å². The summed E-state index contributed by atoms with van der Waals surface area (Å²) >= 11 is 0. The van der Waals surface area contributed by atoms with E-state index in [1.807, 2.05) is 13.8 Å². The molecule has 12 heavy (non-hydrogen) atoms. The molecule has 1 saturated heterocycles. The van der Waals surface area contributed by atoms with E-state index in [0.717, 1.165) is 13.1 Å². The molecular formula is C9H21NO2. The number of hydrogen-bond donors (Lipinski definition) is 0. The molecule has 0 N–H and O–H groups in total. The van der Waals surface area contributed by atoms with E-state index in [1.165, 1.54) is 0 Å². The molecule has 0 amide bonds. The standard InChI is InChI=1S/C7H15NO2.C2H6/c1-8-4-6(9-2)7(5-8)10-3;1-2/h6-7H,4-5H2,1-3H3;1-2H3. The van der Waals surface area contributed by atoms with Gasteiger partial charge in [0.05, 0.1) is 12.2 Å². The van der Waals surface area contributed by atoms with Gasteiger partial charge in [0.1, 0.15) is 0 Å². The van der Waals surface area contributed by atoms with Gasteiger partial charge in [-0.15, -0.1) is 0 Å². The van der Waals surface area contributed by atoms with Crippen molar-refractivity contribution < 1.29 is 9.47 Å². The summed E-state index contributed by atoms with van der Waals surface area (Å²) in [5, 5.41) is 0. The molecule has 0 aliphatic carbocycles. The van der Waals surface area contributed by atoms with Gasteiger partial charge in [0.25, 0.3) is 0 Å². The van der Waals surface area contributed by atoms with Crippen molar-refractivity contribution in [1.82, 2.24) is 4.90 Å². The van der Waals surface area contributed by atoms with Gasteiger partial charge in [-0.05, 0) is 7.05 Å². The van der Waals surface area contributed by atoms with Crippen LogP contribution in [-0.2, 0) is 9.47 Å². The molecule has 0 aromatic rings. The minimum atomic E-state index is 0.259. The van der Waals surface area contributed by atoms with Crippen LogP contribution in [0, 0.1) is 0 Å². The maximum absolute atomic E-state index is 5.22. The number of nitrogens with zero attached hydrogens (tertiary/aromatic N) is 1. The van der Waals surface area contributed by atoms with Crippen molar-refractivity contribution in [3.63, 3.8) is 0 Å². The lowest BCUT2D eigenvalue weighted by atomic mass is 10.3. The molecule has 2 unspecified atom stereocenters. The highest BCUT2D eigenvalue weighted by Gasteiger charge is 2.30. The van der Waals surface area contributed by atoms with Crippen LogP contribution in [-0.4, -0.2) is 51.5 Å². The van der Waals surface area contributed by atoms with Crippen LogP contribution >= 0.6 is 0 Å². The molecule has 1 rings (SSSR count). The first-order chi connectivity index (χ1) is 5.77. The molecule has 0 bridgehead atoms. The quantitative estimate of drug-likeness (QED) is 0.624. The van der Waals surface area contributed by atoms with E-state index in [1.54, 1.807) is 14.2 Å². The van der Waals surface area contributed by atoms with Gasteiger partial charge in [0.2, 0.25) is 0 Å². The first kappa shape index (κ1) is 11.9. The number of hydrogen-bond acceptors (Lipinski definition) is 3. The number of methoxy groups -OCH3 is 2.